The molecule has 5 rings (SSSR count). The van der Waals surface area contributed by atoms with Crippen LogP contribution in [0.5, 0.6) is 0 Å². The van der Waals surface area contributed by atoms with Crippen LogP contribution in [-0.4, -0.2) is 15.7 Å². The molecule has 0 spiro atoms. The number of nitrogens with zero attached hydrogens (tertiary/aromatic N) is 2. The Balaban J connectivity index is 0.00000289. The molecule has 1 radical (unpaired) electrons. The topological polar surface area (TPSA) is 40.2 Å². The average Bonchev–Trinajstić information content (AvgIpc) is 3.46. The Morgan fingerprint density at radius 1 is 1.03 bits per heavy atom. The van der Waals surface area contributed by atoms with E-state index in [0.717, 1.165) is 58.3 Å². The van der Waals surface area contributed by atoms with Crippen LogP contribution < -0.4 is 0 Å². The van der Waals surface area contributed by atoms with E-state index in [1.54, 1.807) is 0 Å². The van der Waals surface area contributed by atoms with E-state index in [1.807, 2.05) is 36.7 Å². The molecule has 0 aliphatic rings. The molecule has 183 valence electrons. The number of benzene rings is 3. The second kappa shape index (κ2) is 10.9. The molecule has 2 aromatic heterocycles. The zero-order valence-corrected chi connectivity index (χ0v) is 23.1. The van der Waals surface area contributed by atoms with Crippen molar-refractivity contribution < 1.29 is 29.3 Å². The van der Waals surface area contributed by atoms with Gasteiger partial charge >= 0.3 is 0 Å². The minimum absolute atomic E-state index is 0. The summed E-state index contributed by atoms with van der Waals surface area (Å²) in [5.41, 5.74) is 7.46. The summed E-state index contributed by atoms with van der Waals surface area (Å²) < 4.78 is 14.3. The van der Waals surface area contributed by atoms with Crippen LogP contribution >= 0.6 is 0 Å². The smallest absolute Gasteiger partial charge is 0.120 e. The van der Waals surface area contributed by atoms with Crippen molar-refractivity contribution in [2.45, 2.75) is 59.7 Å². The zero-order valence-electron chi connectivity index (χ0n) is 20.7. The summed E-state index contributed by atoms with van der Waals surface area (Å²) in [4.78, 5) is 4.71. The Hall–Kier alpha value is -2.72. The number of para-hydroxylation sites is 1. The van der Waals surface area contributed by atoms with E-state index >= 15 is 0 Å². The normalized spacial score (nSPS) is 12.2. The number of hydrogen-bond acceptors (Lipinski definition) is 3. The van der Waals surface area contributed by atoms with Crippen molar-refractivity contribution in [1.82, 2.24) is 9.55 Å². The van der Waals surface area contributed by atoms with Crippen LogP contribution in [0, 0.1) is 19.9 Å². The van der Waals surface area contributed by atoms with Crippen LogP contribution in [0.3, 0.4) is 0 Å². The first-order chi connectivity index (χ1) is 16.6. The molecular formula is C30H31IrN2O2-. The number of ether oxygens (including phenoxy) is 1. The van der Waals surface area contributed by atoms with Gasteiger partial charge in [0.2, 0.25) is 0 Å². The Bertz CT molecular complexity index is 1430. The van der Waals surface area contributed by atoms with Crippen molar-refractivity contribution in [1.29, 1.82) is 0 Å². The molecular weight excluding hydrogens is 613 g/mol. The molecule has 2 heterocycles. The minimum atomic E-state index is 0. The van der Waals surface area contributed by atoms with Crippen molar-refractivity contribution in [3.05, 3.63) is 83.7 Å². The Morgan fingerprint density at radius 3 is 2.54 bits per heavy atom. The maximum absolute atomic E-state index is 6.19. The van der Waals surface area contributed by atoms with Crippen molar-refractivity contribution >= 4 is 21.9 Å². The number of aromatic nitrogens is 2. The van der Waals surface area contributed by atoms with Gasteiger partial charge in [0.15, 0.2) is 0 Å². The second-order valence-corrected chi connectivity index (χ2v) is 9.05. The molecule has 0 aliphatic heterocycles. The fraction of sp³-hybridized carbons (Fsp3) is 0.300. The van der Waals surface area contributed by atoms with E-state index in [9.17, 15) is 0 Å². The monoisotopic (exact) mass is 644 g/mol. The Morgan fingerprint density at radius 2 is 1.80 bits per heavy atom. The van der Waals surface area contributed by atoms with Crippen LogP contribution in [0.4, 0.5) is 0 Å². The van der Waals surface area contributed by atoms with Crippen molar-refractivity contribution in [2.75, 3.05) is 0 Å². The maximum atomic E-state index is 6.19. The molecule has 1 atom stereocenters. The predicted octanol–water partition coefficient (Wildman–Crippen LogP) is 7.95. The molecule has 0 saturated carbocycles. The van der Waals surface area contributed by atoms with Crippen molar-refractivity contribution in [2.24, 2.45) is 0 Å². The first-order valence-electron chi connectivity index (χ1n) is 12.2. The number of rotatable bonds is 8. The van der Waals surface area contributed by atoms with Gasteiger partial charge in [-0.25, -0.2) is 0 Å². The quantitative estimate of drug-likeness (QED) is 0.161. The number of fused-ring (bicyclic) bond motifs is 3. The number of imidazole rings is 1. The summed E-state index contributed by atoms with van der Waals surface area (Å²) in [7, 11) is 0. The number of hydrogen-bond donors (Lipinski definition) is 0. The van der Waals surface area contributed by atoms with E-state index in [0.29, 0.717) is 12.7 Å². The van der Waals surface area contributed by atoms with Gasteiger partial charge in [0.1, 0.15) is 5.58 Å². The van der Waals surface area contributed by atoms with E-state index in [2.05, 4.69) is 62.6 Å². The summed E-state index contributed by atoms with van der Waals surface area (Å²) >= 11 is 0. The summed E-state index contributed by atoms with van der Waals surface area (Å²) in [5.74, 6) is 0.872. The van der Waals surface area contributed by atoms with Gasteiger partial charge < -0.3 is 13.7 Å². The fourth-order valence-electron chi connectivity index (χ4n) is 4.93. The van der Waals surface area contributed by atoms with Crippen LogP contribution in [0.15, 0.2) is 65.3 Å². The fourth-order valence-corrected chi connectivity index (χ4v) is 4.93. The summed E-state index contributed by atoms with van der Waals surface area (Å²) in [6.45, 7) is 9.38. The van der Waals surface area contributed by atoms with E-state index in [4.69, 9.17) is 14.1 Å². The molecule has 1 unspecified atom stereocenters. The average molecular weight is 644 g/mol. The summed E-state index contributed by atoms with van der Waals surface area (Å²) in [5, 5.41) is 2.19. The van der Waals surface area contributed by atoms with Crippen LogP contribution in [0.2, 0.25) is 0 Å². The SMILES string of the molecule is CCCC(CC)OCc1cc(C)c(-n2ccnc2-c2[c-]cc3oc4ccccc4c3c2)c(C)c1.[Ir]. The zero-order chi connectivity index (χ0) is 23.7. The molecule has 35 heavy (non-hydrogen) atoms. The number of aryl methyl sites for hydroxylation is 2. The Kier molecular flexibility index (Phi) is 7.91. The second-order valence-electron chi connectivity index (χ2n) is 9.05. The summed E-state index contributed by atoms with van der Waals surface area (Å²) in [6.07, 6.45) is 7.52. The van der Waals surface area contributed by atoms with Crippen LogP contribution in [0.1, 0.15) is 49.8 Å². The third-order valence-corrected chi connectivity index (χ3v) is 6.54. The predicted molar refractivity (Wildman–Crippen MR) is 138 cm³/mol. The third kappa shape index (κ3) is 4.99. The van der Waals surface area contributed by atoms with Gasteiger partial charge in [0.25, 0.3) is 0 Å². The van der Waals surface area contributed by atoms with Crippen molar-refractivity contribution in [3.8, 4) is 17.1 Å². The molecule has 0 bridgehead atoms. The van der Waals surface area contributed by atoms with Crippen molar-refractivity contribution in [3.63, 3.8) is 0 Å². The van der Waals surface area contributed by atoms with Crippen LogP contribution in [-0.2, 0) is 31.4 Å². The standard InChI is InChI=1S/C30H31N2O2.Ir/c1-5-9-24(6-2)33-19-22-16-20(3)29(21(4)17-22)32-15-14-31-30(32)23-12-13-28-26(18-23)25-10-7-8-11-27(25)34-28;/h7-8,10-11,13-18,24H,5-6,9,19H2,1-4H3;/q-1;. The summed E-state index contributed by atoms with van der Waals surface area (Å²) in [6, 6.07) is 20.0. The third-order valence-electron chi connectivity index (χ3n) is 6.54. The van der Waals surface area contributed by atoms with Gasteiger partial charge in [-0.2, -0.15) is 0 Å². The van der Waals surface area contributed by atoms with E-state index in [1.165, 1.54) is 16.7 Å². The first-order valence-corrected chi connectivity index (χ1v) is 12.2. The molecule has 0 aliphatic carbocycles. The molecule has 4 nitrogen and oxygen atoms in total. The molecule has 0 N–H and O–H groups in total. The minimum Gasteiger partial charge on any atom is -0.500 e. The molecule has 3 aromatic carbocycles. The van der Waals surface area contributed by atoms with E-state index < -0.39 is 0 Å². The molecule has 0 fully saturated rings. The van der Waals surface area contributed by atoms with Crippen LogP contribution in [0.25, 0.3) is 39.0 Å². The van der Waals surface area contributed by atoms with Gasteiger partial charge in [0, 0.05) is 43.6 Å². The maximum Gasteiger partial charge on any atom is 0.120 e. The molecule has 5 heteroatoms. The van der Waals surface area contributed by atoms with Gasteiger partial charge in [-0.05, 0) is 49.4 Å². The molecule has 0 amide bonds. The van der Waals surface area contributed by atoms with Gasteiger partial charge in [-0.3, -0.25) is 4.98 Å². The van der Waals surface area contributed by atoms with E-state index in [-0.39, 0.29) is 20.1 Å². The van der Waals surface area contributed by atoms with Gasteiger partial charge in [-0.1, -0.05) is 56.0 Å². The van der Waals surface area contributed by atoms with Gasteiger partial charge in [-0.15, -0.1) is 23.8 Å². The Labute approximate surface area is 220 Å². The largest absolute Gasteiger partial charge is 0.500 e. The van der Waals surface area contributed by atoms with Gasteiger partial charge in [0.05, 0.1) is 24.1 Å². The first kappa shape index (κ1) is 25.4. The molecule has 0 saturated heterocycles. The number of furan rings is 1. The molecule has 5 aromatic rings.